The van der Waals surface area contributed by atoms with Crippen molar-refractivity contribution >= 4 is 28.3 Å². The number of guanidine groups is 1. The van der Waals surface area contributed by atoms with Crippen LogP contribution in [0.15, 0.2) is 22.5 Å². The van der Waals surface area contributed by atoms with Crippen molar-refractivity contribution in [1.29, 1.82) is 0 Å². The molecule has 146 valence electrons. The summed E-state index contributed by atoms with van der Waals surface area (Å²) in [6, 6.07) is 4.30. The van der Waals surface area contributed by atoms with Crippen molar-refractivity contribution in [3.8, 4) is 0 Å². The third kappa shape index (κ3) is 6.86. The van der Waals surface area contributed by atoms with Gasteiger partial charge in [-0.2, -0.15) is 0 Å². The van der Waals surface area contributed by atoms with E-state index >= 15 is 0 Å². The Morgan fingerprint density at radius 3 is 2.65 bits per heavy atom. The summed E-state index contributed by atoms with van der Waals surface area (Å²) in [5.41, 5.74) is 0. The number of unbranched alkanes of at least 4 members (excludes halogenated alkanes) is 3. The number of nitrogens with zero attached hydrogens (tertiary/aromatic N) is 3. The molecule has 6 nitrogen and oxygen atoms in total. The fourth-order valence-electron chi connectivity index (χ4n) is 3.10. The van der Waals surface area contributed by atoms with E-state index < -0.39 is 0 Å². The number of rotatable bonds is 9. The van der Waals surface area contributed by atoms with Crippen LogP contribution in [0.2, 0.25) is 0 Å². The summed E-state index contributed by atoms with van der Waals surface area (Å²) < 4.78 is 4.94. The summed E-state index contributed by atoms with van der Waals surface area (Å²) in [7, 11) is 1.85. The third-order valence-corrected chi connectivity index (χ3v) is 5.43. The lowest BCUT2D eigenvalue weighted by Gasteiger charge is -2.37. The highest BCUT2D eigenvalue weighted by Crippen LogP contribution is 2.22. The zero-order valence-corrected chi connectivity index (χ0v) is 16.9. The molecule has 0 bridgehead atoms. The quantitative estimate of drug-likeness (QED) is 0.309. The Morgan fingerprint density at radius 2 is 2.00 bits per heavy atom. The average Bonchev–Trinajstić information content (AvgIpc) is 3.19. The molecule has 1 fully saturated rings. The van der Waals surface area contributed by atoms with E-state index in [9.17, 15) is 4.79 Å². The smallest absolute Gasteiger partial charge is 0.305 e. The Balaban J connectivity index is 1.56. The molecule has 0 amide bonds. The normalized spacial score (nSPS) is 15.2. The number of carbonyl (C=O) groups excluding carboxylic acids is 1. The SMILES string of the molecule is CCOC(=O)CCCCCCNC(=NC)N1CCN(c2cccs2)CC1. The maximum Gasteiger partial charge on any atom is 0.305 e. The van der Waals surface area contributed by atoms with Crippen molar-refractivity contribution in [2.24, 2.45) is 4.99 Å². The van der Waals surface area contributed by atoms with Gasteiger partial charge < -0.3 is 19.9 Å². The molecule has 26 heavy (non-hydrogen) atoms. The molecule has 0 aliphatic carbocycles. The molecular weight excluding hydrogens is 348 g/mol. The Bertz CT molecular complexity index is 540. The topological polar surface area (TPSA) is 57.2 Å². The second-order valence-electron chi connectivity index (χ2n) is 6.37. The fraction of sp³-hybridized carbons (Fsp3) is 0.684. The Hall–Kier alpha value is -1.76. The summed E-state index contributed by atoms with van der Waals surface area (Å²) in [5, 5.41) is 6.97. The van der Waals surface area contributed by atoms with Gasteiger partial charge in [0.15, 0.2) is 5.96 Å². The molecule has 1 N–H and O–H groups in total. The summed E-state index contributed by atoms with van der Waals surface area (Å²) in [6.07, 6.45) is 4.74. The van der Waals surface area contributed by atoms with Gasteiger partial charge in [0.2, 0.25) is 0 Å². The van der Waals surface area contributed by atoms with E-state index in [-0.39, 0.29) is 5.97 Å². The van der Waals surface area contributed by atoms with Gasteiger partial charge in [-0.1, -0.05) is 12.8 Å². The third-order valence-electron chi connectivity index (χ3n) is 4.50. The van der Waals surface area contributed by atoms with Crippen molar-refractivity contribution in [1.82, 2.24) is 10.2 Å². The van der Waals surface area contributed by atoms with Crippen LogP contribution in [0.4, 0.5) is 5.00 Å². The van der Waals surface area contributed by atoms with E-state index in [4.69, 9.17) is 4.74 Å². The largest absolute Gasteiger partial charge is 0.466 e. The first kappa shape index (κ1) is 20.6. The second-order valence-corrected chi connectivity index (χ2v) is 7.29. The number of ether oxygens (including phenoxy) is 1. The summed E-state index contributed by atoms with van der Waals surface area (Å²) in [5.74, 6) is 0.926. The molecule has 7 heteroatoms. The summed E-state index contributed by atoms with van der Waals surface area (Å²) in [6.45, 7) is 7.32. The molecule has 1 aliphatic rings. The molecule has 0 radical (unpaired) electrons. The van der Waals surface area contributed by atoms with Gasteiger partial charge in [-0.05, 0) is 37.3 Å². The zero-order valence-electron chi connectivity index (χ0n) is 16.1. The van der Waals surface area contributed by atoms with Crippen molar-refractivity contribution in [3.05, 3.63) is 17.5 Å². The standard InChI is InChI=1S/C19H32N4O2S/c1-3-25-18(24)10-6-4-5-7-11-21-19(20-2)23-14-12-22(13-15-23)17-9-8-16-26-17/h8-9,16H,3-7,10-15H2,1-2H3,(H,20,21). The van der Waals surface area contributed by atoms with Gasteiger partial charge in [-0.3, -0.25) is 9.79 Å². The molecule has 2 heterocycles. The zero-order chi connectivity index (χ0) is 18.6. The minimum absolute atomic E-state index is 0.0762. The Labute approximate surface area is 161 Å². The van der Waals surface area contributed by atoms with Crippen molar-refractivity contribution < 1.29 is 9.53 Å². The average molecular weight is 381 g/mol. The van der Waals surface area contributed by atoms with Crippen LogP contribution >= 0.6 is 11.3 Å². The van der Waals surface area contributed by atoms with Crippen molar-refractivity contribution in [2.75, 3.05) is 51.3 Å². The maximum atomic E-state index is 11.3. The van der Waals surface area contributed by atoms with Gasteiger partial charge in [0.1, 0.15) is 0 Å². The first-order valence-electron chi connectivity index (χ1n) is 9.64. The van der Waals surface area contributed by atoms with Crippen LogP contribution < -0.4 is 10.2 Å². The molecule has 0 spiro atoms. The predicted molar refractivity (Wildman–Crippen MR) is 109 cm³/mol. The highest BCUT2D eigenvalue weighted by atomic mass is 32.1. The number of hydrogen-bond donors (Lipinski definition) is 1. The number of thiophene rings is 1. The number of hydrogen-bond acceptors (Lipinski definition) is 5. The number of nitrogens with one attached hydrogen (secondary N) is 1. The highest BCUT2D eigenvalue weighted by Gasteiger charge is 2.19. The van der Waals surface area contributed by atoms with Crippen molar-refractivity contribution in [2.45, 2.75) is 39.0 Å². The number of anilines is 1. The van der Waals surface area contributed by atoms with Gasteiger partial charge in [0.25, 0.3) is 0 Å². The molecule has 0 aromatic carbocycles. The van der Waals surface area contributed by atoms with Crippen LogP contribution in [0.1, 0.15) is 39.0 Å². The van der Waals surface area contributed by atoms with E-state index in [1.807, 2.05) is 14.0 Å². The van der Waals surface area contributed by atoms with Crippen LogP contribution in [0, 0.1) is 0 Å². The van der Waals surface area contributed by atoms with Gasteiger partial charge in [0, 0.05) is 46.2 Å². The number of piperazine rings is 1. The molecule has 2 rings (SSSR count). The molecule has 1 aromatic rings. The molecule has 1 aromatic heterocycles. The van der Waals surface area contributed by atoms with Gasteiger partial charge >= 0.3 is 5.97 Å². The van der Waals surface area contributed by atoms with Crippen LogP contribution in [0.5, 0.6) is 0 Å². The molecule has 1 saturated heterocycles. The van der Waals surface area contributed by atoms with E-state index in [1.54, 1.807) is 11.3 Å². The van der Waals surface area contributed by atoms with E-state index in [0.717, 1.165) is 64.4 Å². The molecule has 0 atom stereocenters. The first-order valence-corrected chi connectivity index (χ1v) is 10.5. The van der Waals surface area contributed by atoms with E-state index in [1.165, 1.54) is 5.00 Å². The van der Waals surface area contributed by atoms with Crippen molar-refractivity contribution in [3.63, 3.8) is 0 Å². The van der Waals surface area contributed by atoms with E-state index in [2.05, 4.69) is 37.6 Å². The Kier molecular flexibility index (Phi) is 9.31. The van der Waals surface area contributed by atoms with Crippen LogP contribution in [0.25, 0.3) is 0 Å². The lowest BCUT2D eigenvalue weighted by Crippen LogP contribution is -2.52. The van der Waals surface area contributed by atoms with Gasteiger partial charge in [-0.25, -0.2) is 0 Å². The first-order chi connectivity index (χ1) is 12.7. The minimum atomic E-state index is -0.0762. The minimum Gasteiger partial charge on any atom is -0.466 e. The lowest BCUT2D eigenvalue weighted by molar-refractivity contribution is -0.143. The monoisotopic (exact) mass is 380 g/mol. The number of aliphatic imine (C=N–C) groups is 1. The van der Waals surface area contributed by atoms with Crippen LogP contribution in [-0.2, 0) is 9.53 Å². The van der Waals surface area contributed by atoms with Crippen LogP contribution in [-0.4, -0.2) is 63.2 Å². The fourth-order valence-corrected chi connectivity index (χ4v) is 3.89. The van der Waals surface area contributed by atoms with Gasteiger partial charge in [0.05, 0.1) is 11.6 Å². The van der Waals surface area contributed by atoms with Gasteiger partial charge in [-0.15, -0.1) is 11.3 Å². The van der Waals surface area contributed by atoms with E-state index in [0.29, 0.717) is 13.0 Å². The maximum absolute atomic E-state index is 11.3. The van der Waals surface area contributed by atoms with Crippen LogP contribution in [0.3, 0.4) is 0 Å². The predicted octanol–water partition coefficient (Wildman–Crippen LogP) is 2.96. The summed E-state index contributed by atoms with van der Waals surface area (Å²) in [4.78, 5) is 20.5. The number of esters is 1. The molecule has 0 saturated carbocycles. The summed E-state index contributed by atoms with van der Waals surface area (Å²) >= 11 is 1.81. The molecular formula is C19H32N4O2S. The number of carbonyl (C=O) groups is 1. The molecule has 1 aliphatic heterocycles. The Morgan fingerprint density at radius 1 is 1.23 bits per heavy atom. The second kappa shape index (κ2) is 11.8. The molecule has 0 unspecified atom stereocenters. The lowest BCUT2D eigenvalue weighted by atomic mass is 10.1. The highest BCUT2D eigenvalue weighted by molar-refractivity contribution is 7.14.